The normalized spacial score (nSPS) is 13.5. The van der Waals surface area contributed by atoms with Crippen molar-refractivity contribution in [1.29, 1.82) is 0 Å². The minimum atomic E-state index is -0.658. The molecule has 0 aliphatic carbocycles. The van der Waals surface area contributed by atoms with Crippen molar-refractivity contribution in [1.82, 2.24) is 34.6 Å². The van der Waals surface area contributed by atoms with Crippen molar-refractivity contribution in [3.8, 4) is 16.9 Å². The molecule has 0 radical (unpaired) electrons. The van der Waals surface area contributed by atoms with E-state index in [1.54, 1.807) is 29.3 Å². The highest BCUT2D eigenvalue weighted by Crippen LogP contribution is 2.38. The van der Waals surface area contributed by atoms with Crippen molar-refractivity contribution >= 4 is 55.2 Å². The van der Waals surface area contributed by atoms with Crippen LogP contribution < -0.4 is 21.5 Å². The molecule has 260 valence electrons. The number of piperazine rings is 1. The number of thiazole rings is 1. The van der Waals surface area contributed by atoms with E-state index in [2.05, 4.69) is 21.9 Å². The average Bonchev–Trinajstić information content (AvgIpc) is 3.48. The third kappa shape index (κ3) is 6.31. The molecule has 1 aromatic carbocycles. The van der Waals surface area contributed by atoms with Gasteiger partial charge >= 0.3 is 0 Å². The van der Waals surface area contributed by atoms with Crippen LogP contribution in [0.5, 0.6) is 0 Å². The summed E-state index contributed by atoms with van der Waals surface area (Å²) >= 11 is 1.28. The van der Waals surface area contributed by atoms with Crippen molar-refractivity contribution in [2.24, 2.45) is 0 Å². The van der Waals surface area contributed by atoms with E-state index in [1.165, 1.54) is 28.0 Å². The maximum atomic E-state index is 16.6. The molecule has 12 nitrogen and oxygen atoms in total. The quantitative estimate of drug-likeness (QED) is 0.215. The zero-order valence-corrected chi connectivity index (χ0v) is 29.6. The number of aryl methyl sites for hydroxylation is 1. The van der Waals surface area contributed by atoms with E-state index < -0.39 is 17.3 Å². The number of amides is 2. The van der Waals surface area contributed by atoms with Gasteiger partial charge < -0.3 is 25.8 Å². The number of carbonyl (C=O) groups excluding carboxylic acids is 2. The lowest BCUT2D eigenvalue weighted by atomic mass is 10.0. The molecule has 1 saturated heterocycles. The standard InChI is InChI=1S/C36H40FN9O3S/c1-7-26(47)44-15-17-45(18-16-44)32-23-19-24(37)29(22-9-8-10-25-30(22)42-36(38)50-25)41-33(23)46(31-21(4)11-12-39-28(31)20(2)3)35(49)27(32)34(48)40-13-14-43(5)6/h7-12,19-20H,1,13-18H2,2-6H3,(H2,38,42)(H,40,48). The van der Waals surface area contributed by atoms with Gasteiger partial charge in [0, 0.05) is 56.4 Å². The Morgan fingerprint density at radius 3 is 2.56 bits per heavy atom. The number of nitrogen functional groups attached to an aromatic ring is 1. The highest BCUT2D eigenvalue weighted by atomic mass is 32.1. The van der Waals surface area contributed by atoms with Crippen LogP contribution in [0.15, 0.2) is 54.0 Å². The molecule has 4 aromatic heterocycles. The SMILES string of the molecule is C=CC(=O)N1CCN(c2c(C(=O)NCCN(C)C)c(=O)n(-c3c(C)ccnc3C(C)C)c3nc(-c4cccc5sc(N)nc45)c(F)cc23)CC1. The number of fused-ring (bicyclic) bond motifs is 2. The van der Waals surface area contributed by atoms with E-state index in [9.17, 15) is 9.59 Å². The first-order valence-corrected chi connectivity index (χ1v) is 17.2. The zero-order chi connectivity index (χ0) is 35.9. The molecule has 1 aliphatic heterocycles. The van der Waals surface area contributed by atoms with Gasteiger partial charge in [0.25, 0.3) is 11.5 Å². The maximum Gasteiger partial charge on any atom is 0.271 e. The summed E-state index contributed by atoms with van der Waals surface area (Å²) < 4.78 is 18.8. The number of benzene rings is 1. The molecular formula is C36H40FN9O3S. The number of hydrogen-bond donors (Lipinski definition) is 2. The number of carbonyl (C=O) groups is 2. The molecule has 0 unspecified atom stereocenters. The summed E-state index contributed by atoms with van der Waals surface area (Å²) in [4.78, 5) is 61.2. The zero-order valence-electron chi connectivity index (χ0n) is 28.8. The molecule has 1 fully saturated rings. The van der Waals surface area contributed by atoms with Crippen molar-refractivity contribution in [2.45, 2.75) is 26.7 Å². The molecule has 1 aliphatic rings. The summed E-state index contributed by atoms with van der Waals surface area (Å²) in [6.45, 7) is 11.4. The highest BCUT2D eigenvalue weighted by molar-refractivity contribution is 7.22. The van der Waals surface area contributed by atoms with Gasteiger partial charge in [-0.2, -0.15) is 0 Å². The number of hydrogen-bond acceptors (Lipinski definition) is 10. The Bertz CT molecular complexity index is 2200. The first-order chi connectivity index (χ1) is 23.9. The number of rotatable bonds is 9. The first-order valence-electron chi connectivity index (χ1n) is 16.4. The minimum Gasteiger partial charge on any atom is -0.375 e. The van der Waals surface area contributed by atoms with Crippen LogP contribution in [0.2, 0.25) is 0 Å². The summed E-state index contributed by atoms with van der Waals surface area (Å²) in [6, 6.07) is 8.50. The second kappa shape index (κ2) is 14.0. The Balaban J connectivity index is 1.71. The van der Waals surface area contributed by atoms with Crippen LogP contribution in [0, 0.1) is 12.7 Å². The summed E-state index contributed by atoms with van der Waals surface area (Å²) in [5.41, 5.74) is 8.46. The second-order valence-electron chi connectivity index (χ2n) is 12.9. The highest BCUT2D eigenvalue weighted by Gasteiger charge is 2.32. The molecule has 2 amide bonds. The number of pyridine rings is 3. The lowest BCUT2D eigenvalue weighted by Gasteiger charge is -2.37. The van der Waals surface area contributed by atoms with Gasteiger partial charge in [-0.05, 0) is 56.8 Å². The lowest BCUT2D eigenvalue weighted by Crippen LogP contribution is -2.49. The van der Waals surface area contributed by atoms with E-state index in [0.717, 1.165) is 10.3 Å². The average molecular weight is 698 g/mol. The molecule has 0 saturated carbocycles. The number of nitrogens with zero attached hydrogens (tertiary/aromatic N) is 7. The fourth-order valence-electron chi connectivity index (χ4n) is 6.40. The number of nitrogens with two attached hydrogens (primary N) is 1. The molecular weight excluding hydrogens is 658 g/mol. The Morgan fingerprint density at radius 1 is 1.14 bits per heavy atom. The Labute approximate surface area is 293 Å². The van der Waals surface area contributed by atoms with Crippen molar-refractivity contribution in [3.63, 3.8) is 0 Å². The number of para-hydroxylation sites is 1. The molecule has 50 heavy (non-hydrogen) atoms. The Hall–Kier alpha value is -5.21. The fraction of sp³-hybridized carbons (Fsp3) is 0.333. The van der Waals surface area contributed by atoms with Gasteiger partial charge in [0.2, 0.25) is 5.91 Å². The molecule has 0 spiro atoms. The van der Waals surface area contributed by atoms with Crippen molar-refractivity contribution < 1.29 is 14.0 Å². The summed E-state index contributed by atoms with van der Waals surface area (Å²) in [6.07, 6.45) is 2.94. The van der Waals surface area contributed by atoms with E-state index in [4.69, 9.17) is 10.7 Å². The van der Waals surface area contributed by atoms with Crippen LogP contribution in [-0.4, -0.2) is 94.5 Å². The molecule has 0 atom stereocenters. The Morgan fingerprint density at radius 2 is 1.88 bits per heavy atom. The monoisotopic (exact) mass is 697 g/mol. The summed E-state index contributed by atoms with van der Waals surface area (Å²) in [7, 11) is 3.77. The van der Waals surface area contributed by atoms with E-state index >= 15 is 9.18 Å². The number of halogens is 1. The molecule has 6 rings (SSSR count). The van der Waals surface area contributed by atoms with Crippen LogP contribution in [0.25, 0.3) is 38.2 Å². The summed E-state index contributed by atoms with van der Waals surface area (Å²) in [5.74, 6) is -1.57. The second-order valence-corrected chi connectivity index (χ2v) is 13.9. The molecule has 5 heterocycles. The summed E-state index contributed by atoms with van der Waals surface area (Å²) in [5, 5.41) is 3.52. The van der Waals surface area contributed by atoms with Gasteiger partial charge in [0.15, 0.2) is 10.8 Å². The van der Waals surface area contributed by atoms with Gasteiger partial charge in [-0.1, -0.05) is 43.9 Å². The van der Waals surface area contributed by atoms with Crippen LogP contribution in [0.1, 0.15) is 41.4 Å². The lowest BCUT2D eigenvalue weighted by molar-refractivity contribution is -0.126. The number of anilines is 2. The van der Waals surface area contributed by atoms with Gasteiger partial charge in [-0.15, -0.1) is 0 Å². The van der Waals surface area contributed by atoms with Crippen molar-refractivity contribution in [3.05, 3.63) is 82.2 Å². The third-order valence-electron chi connectivity index (χ3n) is 8.85. The van der Waals surface area contributed by atoms with Crippen LogP contribution >= 0.6 is 11.3 Å². The minimum absolute atomic E-state index is 0.00951. The van der Waals surface area contributed by atoms with E-state index in [-0.39, 0.29) is 46.3 Å². The van der Waals surface area contributed by atoms with Gasteiger partial charge in [-0.3, -0.25) is 23.9 Å². The smallest absolute Gasteiger partial charge is 0.271 e. The van der Waals surface area contributed by atoms with E-state index in [0.29, 0.717) is 60.3 Å². The number of aromatic nitrogens is 4. The van der Waals surface area contributed by atoms with Crippen molar-refractivity contribution in [2.75, 3.05) is 64.0 Å². The van der Waals surface area contributed by atoms with Gasteiger partial charge in [0.1, 0.15) is 17.1 Å². The predicted molar refractivity (Wildman–Crippen MR) is 197 cm³/mol. The van der Waals surface area contributed by atoms with Gasteiger partial charge in [-0.25, -0.2) is 14.4 Å². The largest absolute Gasteiger partial charge is 0.375 e. The molecule has 3 N–H and O–H groups in total. The van der Waals surface area contributed by atoms with Gasteiger partial charge in [0.05, 0.1) is 27.3 Å². The first kappa shape index (κ1) is 34.6. The third-order valence-corrected chi connectivity index (χ3v) is 9.70. The molecule has 14 heteroatoms. The predicted octanol–water partition coefficient (Wildman–Crippen LogP) is 4.34. The Kier molecular flexibility index (Phi) is 9.67. The molecule has 0 bridgehead atoms. The number of nitrogens with one attached hydrogen (secondary N) is 1. The fourth-order valence-corrected chi connectivity index (χ4v) is 7.16. The van der Waals surface area contributed by atoms with E-state index in [1.807, 2.05) is 50.7 Å². The topological polar surface area (TPSA) is 143 Å². The van der Waals surface area contributed by atoms with Crippen LogP contribution in [0.3, 0.4) is 0 Å². The van der Waals surface area contributed by atoms with Crippen LogP contribution in [-0.2, 0) is 4.79 Å². The number of likely N-dealkylation sites (N-methyl/N-ethyl adjacent to an activating group) is 1. The molecule has 5 aromatic rings. The maximum absolute atomic E-state index is 16.6. The van der Waals surface area contributed by atoms with Crippen LogP contribution in [0.4, 0.5) is 15.2 Å².